The number of β-amino-alcohol motifs (C(OH)–C–C–N with tert-alkyl or cyclic N) is 1. The van der Waals surface area contributed by atoms with Gasteiger partial charge in [0, 0.05) is 12.6 Å². The van der Waals surface area contributed by atoms with Crippen LogP contribution in [0.25, 0.3) is 0 Å². The summed E-state index contributed by atoms with van der Waals surface area (Å²) >= 11 is 0. The average Bonchev–Trinajstić information content (AvgIpc) is 3.22. The van der Waals surface area contributed by atoms with Crippen LogP contribution in [0.15, 0.2) is 24.3 Å². The summed E-state index contributed by atoms with van der Waals surface area (Å²) in [6, 6.07) is 7.76. The summed E-state index contributed by atoms with van der Waals surface area (Å²) in [5.74, 6) is 0.860. The molecule has 0 spiro atoms. The molecule has 5 heteroatoms. The first-order valence-corrected chi connectivity index (χ1v) is 8.04. The van der Waals surface area contributed by atoms with Crippen molar-refractivity contribution in [3.05, 3.63) is 29.8 Å². The minimum atomic E-state index is -0.607. The van der Waals surface area contributed by atoms with E-state index in [4.69, 9.17) is 4.74 Å². The third-order valence-electron chi connectivity index (χ3n) is 4.48. The molecular formula is C17H24N2O3. The zero-order valence-electron chi connectivity index (χ0n) is 13.0. The highest BCUT2D eigenvalue weighted by atomic mass is 16.5. The Balaban J connectivity index is 1.61. The minimum absolute atomic E-state index is 0.0964. The summed E-state index contributed by atoms with van der Waals surface area (Å²) in [5, 5.41) is 13.5. The Labute approximate surface area is 131 Å². The third kappa shape index (κ3) is 3.59. The van der Waals surface area contributed by atoms with E-state index in [-0.39, 0.29) is 11.9 Å². The molecule has 0 radical (unpaired) electrons. The average molecular weight is 304 g/mol. The maximum absolute atomic E-state index is 12.3. The van der Waals surface area contributed by atoms with E-state index in [1.807, 2.05) is 24.3 Å². The molecule has 2 fully saturated rings. The Morgan fingerprint density at radius 3 is 3.00 bits per heavy atom. The first-order chi connectivity index (χ1) is 10.7. The van der Waals surface area contributed by atoms with Crippen LogP contribution in [0.2, 0.25) is 0 Å². The normalized spacial score (nSPS) is 23.3. The van der Waals surface area contributed by atoms with Crippen molar-refractivity contribution in [1.29, 1.82) is 0 Å². The van der Waals surface area contributed by atoms with E-state index in [0.717, 1.165) is 43.5 Å². The molecule has 120 valence electrons. The summed E-state index contributed by atoms with van der Waals surface area (Å²) in [4.78, 5) is 14.4. The highest BCUT2D eigenvalue weighted by Gasteiger charge is 2.34. The Bertz CT molecular complexity index is 530. The van der Waals surface area contributed by atoms with Crippen LogP contribution in [0.3, 0.4) is 0 Å². The second-order valence-electron chi connectivity index (χ2n) is 6.23. The largest absolute Gasteiger partial charge is 0.497 e. The first-order valence-electron chi connectivity index (χ1n) is 8.04. The van der Waals surface area contributed by atoms with E-state index in [1.54, 1.807) is 7.11 Å². The Hall–Kier alpha value is -1.59. The number of hydrogen-bond acceptors (Lipinski definition) is 4. The van der Waals surface area contributed by atoms with E-state index in [9.17, 15) is 9.90 Å². The van der Waals surface area contributed by atoms with Crippen molar-refractivity contribution in [3.8, 4) is 5.75 Å². The molecule has 2 N–H and O–H groups in total. The summed E-state index contributed by atoms with van der Waals surface area (Å²) in [7, 11) is 1.62. The lowest BCUT2D eigenvalue weighted by molar-refractivity contribution is -0.126. The quantitative estimate of drug-likeness (QED) is 0.835. The van der Waals surface area contributed by atoms with E-state index < -0.39 is 6.10 Å². The third-order valence-corrected chi connectivity index (χ3v) is 4.48. The van der Waals surface area contributed by atoms with Gasteiger partial charge in [-0.15, -0.1) is 0 Å². The molecular weight excluding hydrogens is 280 g/mol. The van der Waals surface area contributed by atoms with Crippen molar-refractivity contribution >= 4 is 5.91 Å². The van der Waals surface area contributed by atoms with Gasteiger partial charge in [0.15, 0.2) is 0 Å². The predicted molar refractivity (Wildman–Crippen MR) is 83.7 cm³/mol. The van der Waals surface area contributed by atoms with Gasteiger partial charge in [0.2, 0.25) is 5.91 Å². The molecule has 1 heterocycles. The molecule has 2 atom stereocenters. The zero-order chi connectivity index (χ0) is 15.5. The van der Waals surface area contributed by atoms with Crippen molar-refractivity contribution in [2.24, 2.45) is 0 Å². The van der Waals surface area contributed by atoms with Crippen LogP contribution in [-0.2, 0) is 4.79 Å². The summed E-state index contributed by atoms with van der Waals surface area (Å²) < 4.78 is 5.20. The molecule has 2 aliphatic rings. The molecule has 1 aliphatic carbocycles. The molecule has 1 amide bonds. The molecule has 1 aliphatic heterocycles. The van der Waals surface area contributed by atoms with Crippen molar-refractivity contribution in [1.82, 2.24) is 10.2 Å². The number of likely N-dealkylation sites (tertiary alicyclic amines) is 1. The van der Waals surface area contributed by atoms with Gasteiger partial charge in [-0.1, -0.05) is 12.1 Å². The first kappa shape index (κ1) is 15.3. The van der Waals surface area contributed by atoms with E-state index in [2.05, 4.69) is 10.2 Å². The number of rotatable bonds is 6. The summed E-state index contributed by atoms with van der Waals surface area (Å²) in [6.45, 7) is 1.35. The molecule has 22 heavy (non-hydrogen) atoms. The van der Waals surface area contributed by atoms with Gasteiger partial charge in [0.1, 0.15) is 5.75 Å². The van der Waals surface area contributed by atoms with Crippen LogP contribution >= 0.6 is 0 Å². The molecule has 3 rings (SSSR count). The van der Waals surface area contributed by atoms with Gasteiger partial charge in [-0.05, 0) is 49.9 Å². The number of carbonyl (C=O) groups is 1. The molecule has 1 aromatic rings. The maximum atomic E-state index is 12.3. The molecule has 2 unspecified atom stereocenters. The lowest BCUT2D eigenvalue weighted by atomic mass is 10.1. The number of hydrogen-bond donors (Lipinski definition) is 2. The number of methoxy groups -OCH3 is 1. The molecule has 0 aromatic heterocycles. The van der Waals surface area contributed by atoms with Gasteiger partial charge in [-0.3, -0.25) is 9.69 Å². The van der Waals surface area contributed by atoms with E-state index in [1.165, 1.54) is 0 Å². The van der Waals surface area contributed by atoms with Crippen LogP contribution in [0, 0.1) is 0 Å². The molecule has 0 bridgehead atoms. The number of amides is 1. The van der Waals surface area contributed by atoms with Crippen molar-refractivity contribution in [3.63, 3.8) is 0 Å². The number of carbonyl (C=O) groups excluding carboxylic acids is 1. The smallest absolute Gasteiger partial charge is 0.237 e. The standard InChI is InChI=1S/C17H24N2O3/c1-22-14-5-2-4-12(10-14)16(20)11-19-9-3-6-15(19)17(21)18-13-7-8-13/h2,4-5,10,13,15-16,20H,3,6-9,11H2,1H3,(H,18,21). The lowest BCUT2D eigenvalue weighted by Gasteiger charge is -2.26. The molecule has 1 aromatic carbocycles. The topological polar surface area (TPSA) is 61.8 Å². The molecule has 1 saturated heterocycles. The number of nitrogens with one attached hydrogen (secondary N) is 1. The Morgan fingerprint density at radius 2 is 2.27 bits per heavy atom. The van der Waals surface area contributed by atoms with Gasteiger partial charge in [0.25, 0.3) is 0 Å². The van der Waals surface area contributed by atoms with Gasteiger partial charge >= 0.3 is 0 Å². The van der Waals surface area contributed by atoms with E-state index >= 15 is 0 Å². The Kier molecular flexibility index (Phi) is 4.64. The SMILES string of the molecule is COc1cccc(C(O)CN2CCCC2C(=O)NC2CC2)c1. The van der Waals surface area contributed by atoms with Crippen LogP contribution < -0.4 is 10.1 Å². The van der Waals surface area contributed by atoms with Gasteiger partial charge < -0.3 is 15.2 Å². The van der Waals surface area contributed by atoms with Gasteiger partial charge in [0.05, 0.1) is 19.3 Å². The number of benzene rings is 1. The molecule has 1 saturated carbocycles. The van der Waals surface area contributed by atoms with E-state index in [0.29, 0.717) is 12.6 Å². The number of aliphatic hydroxyl groups is 1. The predicted octanol–water partition coefficient (Wildman–Crippen LogP) is 1.47. The number of nitrogens with zero attached hydrogens (tertiary/aromatic N) is 1. The van der Waals surface area contributed by atoms with Crippen LogP contribution in [0.4, 0.5) is 0 Å². The van der Waals surface area contributed by atoms with Crippen LogP contribution in [0.5, 0.6) is 5.75 Å². The van der Waals surface area contributed by atoms with Gasteiger partial charge in [-0.2, -0.15) is 0 Å². The fourth-order valence-corrected chi connectivity index (χ4v) is 3.04. The minimum Gasteiger partial charge on any atom is -0.497 e. The zero-order valence-corrected chi connectivity index (χ0v) is 13.0. The maximum Gasteiger partial charge on any atom is 0.237 e. The fraction of sp³-hybridized carbons (Fsp3) is 0.588. The number of aliphatic hydroxyl groups excluding tert-OH is 1. The highest BCUT2D eigenvalue weighted by molar-refractivity contribution is 5.82. The van der Waals surface area contributed by atoms with Gasteiger partial charge in [-0.25, -0.2) is 0 Å². The highest BCUT2D eigenvalue weighted by Crippen LogP contribution is 2.25. The summed E-state index contributed by atoms with van der Waals surface area (Å²) in [5.41, 5.74) is 0.826. The second-order valence-corrected chi connectivity index (χ2v) is 6.23. The van der Waals surface area contributed by atoms with Crippen LogP contribution in [-0.4, -0.2) is 48.2 Å². The van der Waals surface area contributed by atoms with Crippen molar-refractivity contribution in [2.45, 2.75) is 43.9 Å². The molecule has 5 nitrogen and oxygen atoms in total. The van der Waals surface area contributed by atoms with Crippen LogP contribution in [0.1, 0.15) is 37.4 Å². The number of ether oxygens (including phenoxy) is 1. The Morgan fingerprint density at radius 1 is 1.45 bits per heavy atom. The second kappa shape index (κ2) is 6.67. The monoisotopic (exact) mass is 304 g/mol. The lowest BCUT2D eigenvalue weighted by Crippen LogP contribution is -2.45. The summed E-state index contributed by atoms with van der Waals surface area (Å²) in [6.07, 6.45) is 3.48. The van der Waals surface area contributed by atoms with Crippen molar-refractivity contribution in [2.75, 3.05) is 20.2 Å². The van der Waals surface area contributed by atoms with Crippen molar-refractivity contribution < 1.29 is 14.6 Å². The fourth-order valence-electron chi connectivity index (χ4n) is 3.04.